The van der Waals surface area contributed by atoms with Crippen LogP contribution in [-0.2, 0) is 0 Å². The zero-order valence-electron chi connectivity index (χ0n) is 31.1. The molecule has 6 aromatic heterocycles. The molecule has 9 nitrogen and oxygen atoms in total. The molecule has 0 aromatic carbocycles. The molecule has 0 spiro atoms. The fourth-order valence-corrected chi connectivity index (χ4v) is 4.03. The molecular weight excluding hydrogens is 619 g/mol. The molecule has 0 saturated heterocycles. The third-order valence-electron chi connectivity index (χ3n) is 5.73. The molecule has 0 fully saturated rings. The van der Waals surface area contributed by atoms with Crippen LogP contribution < -0.4 is 16.0 Å². The number of anilines is 3. The highest BCUT2D eigenvalue weighted by Crippen LogP contribution is 2.16. The van der Waals surface area contributed by atoms with E-state index in [2.05, 4.69) is 87.4 Å². The largest absolute Gasteiger partial charge is 0.382 e. The smallest absolute Gasteiger partial charge is 0.161 e. The van der Waals surface area contributed by atoms with Crippen LogP contribution in [0, 0.1) is 0 Å². The lowest BCUT2D eigenvalue weighted by Gasteiger charge is -2.09. The van der Waals surface area contributed by atoms with E-state index in [-0.39, 0.29) is 14.9 Å². The summed E-state index contributed by atoms with van der Waals surface area (Å²) in [5.74, 6) is 1.76. The van der Waals surface area contributed by atoms with Crippen molar-refractivity contribution in [1.82, 2.24) is 29.9 Å². The Bertz CT molecular complexity index is 1520. The predicted molar refractivity (Wildman–Crippen MR) is 222 cm³/mol. The van der Waals surface area contributed by atoms with Crippen LogP contribution in [0.3, 0.4) is 0 Å². The van der Waals surface area contributed by atoms with E-state index in [9.17, 15) is 0 Å². The van der Waals surface area contributed by atoms with Gasteiger partial charge in [-0.15, -0.1) is 0 Å². The Morgan fingerprint density at radius 3 is 1.62 bits per heavy atom. The van der Waals surface area contributed by atoms with Gasteiger partial charge in [-0.1, -0.05) is 56.4 Å². The van der Waals surface area contributed by atoms with Crippen molar-refractivity contribution in [2.45, 2.75) is 116 Å². The average molecular weight is 684 g/mol. The van der Waals surface area contributed by atoms with Gasteiger partial charge >= 0.3 is 0 Å². The Labute approximate surface area is 303 Å². The molecule has 9 heteroatoms. The van der Waals surface area contributed by atoms with Crippen LogP contribution in [0.15, 0.2) is 91.6 Å². The Kier molecular flexibility index (Phi) is 25.5. The van der Waals surface area contributed by atoms with Gasteiger partial charge in [0.15, 0.2) is 5.65 Å². The molecule has 0 saturated carbocycles. The zero-order chi connectivity index (χ0) is 35.9. The summed E-state index contributed by atoms with van der Waals surface area (Å²) >= 11 is 0. The molecule has 0 radical (unpaired) electrons. The van der Waals surface area contributed by atoms with Gasteiger partial charge in [0.25, 0.3) is 0 Å². The molecule has 6 aromatic rings. The fraction of sp³-hybridized carbons (Fsp3) is 0.415. The van der Waals surface area contributed by atoms with Crippen molar-refractivity contribution in [3.63, 3.8) is 0 Å². The number of aromatic nitrogens is 6. The van der Waals surface area contributed by atoms with Crippen molar-refractivity contribution < 1.29 is 0 Å². The lowest BCUT2D eigenvalue weighted by atomic mass is 10.2. The first-order chi connectivity index (χ1) is 23.3. The SMILES string of the molecule is C.C.CC.CC.CC.CC(C)Nc1cc2ncccc2cn1.CC(C)Nc1ccc2cccnc2n1.CC(C)Nc1cnc2cccnc2c1. The van der Waals surface area contributed by atoms with Crippen LogP contribution >= 0.6 is 0 Å². The fourth-order valence-electron chi connectivity index (χ4n) is 4.03. The van der Waals surface area contributed by atoms with Crippen molar-refractivity contribution >= 4 is 50.3 Å². The first kappa shape index (κ1) is 47.2. The van der Waals surface area contributed by atoms with E-state index in [0.29, 0.717) is 18.1 Å². The average Bonchev–Trinajstić information content (AvgIpc) is 3.10. The zero-order valence-corrected chi connectivity index (χ0v) is 31.1. The summed E-state index contributed by atoms with van der Waals surface area (Å²) in [4.78, 5) is 25.7. The third-order valence-corrected chi connectivity index (χ3v) is 5.73. The molecule has 6 rings (SSSR count). The van der Waals surface area contributed by atoms with Crippen LogP contribution in [0.5, 0.6) is 0 Å². The predicted octanol–water partition coefficient (Wildman–Crippen LogP) is 11.7. The van der Waals surface area contributed by atoms with Crippen molar-refractivity contribution in [3.8, 4) is 0 Å². The number of nitrogens with zero attached hydrogens (tertiary/aromatic N) is 6. The van der Waals surface area contributed by atoms with E-state index in [4.69, 9.17) is 0 Å². The van der Waals surface area contributed by atoms with E-state index in [1.807, 2.05) is 115 Å². The molecule has 3 N–H and O–H groups in total. The van der Waals surface area contributed by atoms with Gasteiger partial charge in [-0.2, -0.15) is 0 Å². The molecule has 0 aliphatic heterocycles. The molecular formula is C41H65N9. The van der Waals surface area contributed by atoms with Gasteiger partial charge in [0, 0.05) is 59.8 Å². The van der Waals surface area contributed by atoms with E-state index in [1.54, 1.807) is 18.6 Å². The number of nitrogens with one attached hydrogen (secondary N) is 3. The Hall–Kier alpha value is -4.92. The van der Waals surface area contributed by atoms with E-state index < -0.39 is 0 Å². The van der Waals surface area contributed by atoms with Gasteiger partial charge < -0.3 is 16.0 Å². The molecule has 0 aliphatic carbocycles. The van der Waals surface area contributed by atoms with Gasteiger partial charge in [0.1, 0.15) is 11.6 Å². The summed E-state index contributed by atoms with van der Waals surface area (Å²) in [5, 5.41) is 11.9. The Morgan fingerprint density at radius 2 is 1.00 bits per heavy atom. The Balaban J connectivity index is 0. The van der Waals surface area contributed by atoms with Crippen molar-refractivity contribution in [2.24, 2.45) is 0 Å². The highest BCUT2D eigenvalue weighted by molar-refractivity contribution is 5.80. The summed E-state index contributed by atoms with van der Waals surface area (Å²) in [6.45, 7) is 24.6. The summed E-state index contributed by atoms with van der Waals surface area (Å²) < 4.78 is 0. The third kappa shape index (κ3) is 17.0. The lowest BCUT2D eigenvalue weighted by Crippen LogP contribution is -2.10. The van der Waals surface area contributed by atoms with Crippen molar-refractivity contribution in [2.75, 3.05) is 16.0 Å². The van der Waals surface area contributed by atoms with Crippen LogP contribution in [0.2, 0.25) is 0 Å². The summed E-state index contributed by atoms with van der Waals surface area (Å²) in [6.07, 6.45) is 9.01. The Morgan fingerprint density at radius 1 is 0.460 bits per heavy atom. The quantitative estimate of drug-likeness (QED) is 0.158. The van der Waals surface area contributed by atoms with Crippen molar-refractivity contribution in [1.29, 1.82) is 0 Å². The first-order valence-corrected chi connectivity index (χ1v) is 17.2. The van der Waals surface area contributed by atoms with Gasteiger partial charge in [-0.25, -0.2) is 15.0 Å². The van der Waals surface area contributed by atoms with Crippen LogP contribution in [0.1, 0.15) is 97.9 Å². The maximum absolute atomic E-state index is 4.39. The molecule has 0 aliphatic rings. The second-order valence-electron chi connectivity index (χ2n) is 10.7. The molecule has 0 bridgehead atoms. The molecule has 274 valence electrons. The minimum Gasteiger partial charge on any atom is -0.382 e. The highest BCUT2D eigenvalue weighted by Gasteiger charge is 2.01. The number of hydrogen-bond acceptors (Lipinski definition) is 9. The number of fused-ring (bicyclic) bond motifs is 3. The second-order valence-corrected chi connectivity index (χ2v) is 10.7. The lowest BCUT2D eigenvalue weighted by molar-refractivity contribution is 0.890. The van der Waals surface area contributed by atoms with Crippen molar-refractivity contribution in [3.05, 3.63) is 91.6 Å². The first-order valence-electron chi connectivity index (χ1n) is 17.2. The van der Waals surface area contributed by atoms with Crippen LogP contribution in [0.25, 0.3) is 33.0 Å². The van der Waals surface area contributed by atoms with Gasteiger partial charge in [-0.05, 0) is 96.1 Å². The normalized spacial score (nSPS) is 9.42. The number of hydrogen-bond donors (Lipinski definition) is 3. The van der Waals surface area contributed by atoms with E-state index >= 15 is 0 Å². The minimum absolute atomic E-state index is 0. The molecule has 0 amide bonds. The summed E-state index contributed by atoms with van der Waals surface area (Å²) in [6, 6.07) is 20.9. The molecule has 0 unspecified atom stereocenters. The summed E-state index contributed by atoms with van der Waals surface area (Å²) in [5.41, 5.74) is 4.65. The topological polar surface area (TPSA) is 113 Å². The maximum Gasteiger partial charge on any atom is 0.161 e. The van der Waals surface area contributed by atoms with E-state index in [1.165, 1.54) is 0 Å². The number of pyridine rings is 6. The highest BCUT2D eigenvalue weighted by atomic mass is 15.0. The molecule has 50 heavy (non-hydrogen) atoms. The molecule has 6 heterocycles. The summed E-state index contributed by atoms with van der Waals surface area (Å²) in [7, 11) is 0. The monoisotopic (exact) mass is 684 g/mol. The number of rotatable bonds is 6. The van der Waals surface area contributed by atoms with E-state index in [0.717, 1.165) is 50.3 Å². The van der Waals surface area contributed by atoms with Gasteiger partial charge in [0.05, 0.1) is 28.4 Å². The molecule has 0 atom stereocenters. The standard InChI is InChI=1S/3C11H13N3.3C2H6.2CH4/c1-8(2)13-10-6-5-9-4-3-7-12-11(9)14-10;1-8(2)14-9-6-11-10(13-7-9)4-3-5-12-11;1-8(2)14-11-6-10-9(7-13-11)4-3-5-12-10;3*1-2;;/h3-8H,1-2H3,(H,12,13,14);3-8,14H,1-2H3;3-8H,1-2H3,(H,13,14);3*1-2H3;2*1H4. The van der Waals surface area contributed by atoms with Gasteiger partial charge in [0.2, 0.25) is 0 Å². The van der Waals surface area contributed by atoms with Crippen LogP contribution in [0.4, 0.5) is 17.3 Å². The maximum atomic E-state index is 4.39. The minimum atomic E-state index is 0. The van der Waals surface area contributed by atoms with Gasteiger partial charge in [-0.3, -0.25) is 15.0 Å². The second kappa shape index (κ2) is 27.0. The van der Waals surface area contributed by atoms with Crippen LogP contribution in [-0.4, -0.2) is 48.0 Å².